The Hall–Kier alpha value is -1.55. The van der Waals surface area contributed by atoms with Crippen LogP contribution in [-0.4, -0.2) is 43.6 Å². The minimum atomic E-state index is -0.110. The first-order valence-electron chi connectivity index (χ1n) is 8.83. The van der Waals surface area contributed by atoms with Gasteiger partial charge in [0, 0.05) is 19.1 Å². The molecule has 2 fully saturated rings. The van der Waals surface area contributed by atoms with Crippen molar-refractivity contribution in [1.82, 2.24) is 10.2 Å². The van der Waals surface area contributed by atoms with Crippen LogP contribution in [-0.2, 0) is 4.79 Å². The highest BCUT2D eigenvalue weighted by atomic mass is 16.5. The fraction of sp³-hybridized carbons (Fsp3) is 0.632. The summed E-state index contributed by atoms with van der Waals surface area (Å²) in [6.45, 7) is 4.90. The van der Waals surface area contributed by atoms with Crippen molar-refractivity contribution in [2.24, 2.45) is 5.92 Å². The quantitative estimate of drug-likeness (QED) is 0.877. The van der Waals surface area contributed by atoms with Crippen molar-refractivity contribution >= 4 is 5.91 Å². The van der Waals surface area contributed by atoms with Crippen LogP contribution in [0, 0.1) is 5.92 Å². The van der Waals surface area contributed by atoms with E-state index in [-0.39, 0.29) is 11.8 Å². The van der Waals surface area contributed by atoms with Crippen LogP contribution < -0.4 is 10.1 Å². The van der Waals surface area contributed by atoms with Crippen molar-refractivity contribution in [1.29, 1.82) is 0 Å². The molecular weight excluding hydrogens is 288 g/mol. The molecule has 0 spiro atoms. The van der Waals surface area contributed by atoms with Crippen LogP contribution in [0.5, 0.6) is 5.75 Å². The van der Waals surface area contributed by atoms with Crippen LogP contribution in [0.15, 0.2) is 24.3 Å². The molecule has 2 aliphatic rings. The molecule has 1 amide bonds. The molecule has 1 N–H and O–H groups in total. The number of ether oxygens (including phenoxy) is 1. The van der Waals surface area contributed by atoms with Gasteiger partial charge in [-0.05, 0) is 62.8 Å². The van der Waals surface area contributed by atoms with E-state index in [1.807, 2.05) is 36.1 Å². The van der Waals surface area contributed by atoms with E-state index in [9.17, 15) is 4.79 Å². The van der Waals surface area contributed by atoms with E-state index < -0.39 is 0 Å². The van der Waals surface area contributed by atoms with Gasteiger partial charge in [0.2, 0.25) is 5.91 Å². The van der Waals surface area contributed by atoms with Gasteiger partial charge >= 0.3 is 0 Å². The number of benzene rings is 1. The summed E-state index contributed by atoms with van der Waals surface area (Å²) in [6, 6.07) is 8.43. The molecule has 4 heteroatoms. The highest BCUT2D eigenvalue weighted by Gasteiger charge is 2.28. The third-order valence-corrected chi connectivity index (χ3v) is 5.16. The van der Waals surface area contributed by atoms with Crippen LogP contribution in [0.4, 0.5) is 0 Å². The average molecular weight is 316 g/mol. The molecule has 126 valence electrons. The first kappa shape index (κ1) is 16.3. The molecule has 1 atom stereocenters. The highest BCUT2D eigenvalue weighted by Crippen LogP contribution is 2.28. The third kappa shape index (κ3) is 4.25. The lowest BCUT2D eigenvalue weighted by Gasteiger charge is -2.34. The Kier molecular flexibility index (Phi) is 5.21. The first-order chi connectivity index (χ1) is 11.2. The van der Waals surface area contributed by atoms with E-state index >= 15 is 0 Å². The maximum absolute atomic E-state index is 12.7. The number of nitrogens with one attached hydrogen (secondary N) is 1. The predicted octanol–water partition coefficient (Wildman–Crippen LogP) is 2.79. The zero-order valence-corrected chi connectivity index (χ0v) is 14.3. The Balaban J connectivity index is 1.51. The predicted molar refractivity (Wildman–Crippen MR) is 91.7 cm³/mol. The van der Waals surface area contributed by atoms with Gasteiger partial charge in [0.25, 0.3) is 0 Å². The smallest absolute Gasteiger partial charge is 0.229 e. The lowest BCUT2D eigenvalue weighted by molar-refractivity contribution is -0.133. The number of likely N-dealkylation sites (tertiary alicyclic amines) is 1. The summed E-state index contributed by atoms with van der Waals surface area (Å²) in [5.41, 5.74) is 1.03. The number of amides is 1. The minimum absolute atomic E-state index is 0.110. The molecule has 1 aliphatic heterocycles. The lowest BCUT2D eigenvalue weighted by atomic mass is 9.97. The molecular formula is C19H28N2O2. The van der Waals surface area contributed by atoms with Crippen molar-refractivity contribution < 1.29 is 9.53 Å². The summed E-state index contributed by atoms with van der Waals surface area (Å²) >= 11 is 0. The maximum Gasteiger partial charge on any atom is 0.229 e. The van der Waals surface area contributed by atoms with E-state index in [4.69, 9.17) is 4.74 Å². The van der Waals surface area contributed by atoms with Gasteiger partial charge in [0.15, 0.2) is 0 Å². The van der Waals surface area contributed by atoms with Gasteiger partial charge in [-0.3, -0.25) is 4.79 Å². The molecule has 3 rings (SSSR count). The van der Waals surface area contributed by atoms with Crippen LogP contribution in [0.2, 0.25) is 0 Å². The fourth-order valence-corrected chi connectivity index (χ4v) is 3.29. The van der Waals surface area contributed by atoms with Gasteiger partial charge in [0.1, 0.15) is 5.75 Å². The number of carbonyl (C=O) groups excluding carboxylic acids is 1. The number of carbonyl (C=O) groups is 1. The van der Waals surface area contributed by atoms with Gasteiger partial charge < -0.3 is 15.0 Å². The zero-order chi connectivity index (χ0) is 16.2. The Morgan fingerprint density at radius 2 is 2.04 bits per heavy atom. The summed E-state index contributed by atoms with van der Waals surface area (Å²) in [5, 5.41) is 3.66. The van der Waals surface area contributed by atoms with E-state index in [0.717, 1.165) is 43.2 Å². The normalized spacial score (nSPS) is 20.3. The lowest BCUT2D eigenvalue weighted by Crippen LogP contribution is -2.46. The van der Waals surface area contributed by atoms with Gasteiger partial charge in [0.05, 0.1) is 13.0 Å². The second-order valence-corrected chi connectivity index (χ2v) is 6.95. The Morgan fingerprint density at radius 3 is 2.70 bits per heavy atom. The van der Waals surface area contributed by atoms with Crippen molar-refractivity contribution in [3.05, 3.63) is 29.8 Å². The van der Waals surface area contributed by atoms with Crippen LogP contribution in [0.25, 0.3) is 0 Å². The molecule has 4 nitrogen and oxygen atoms in total. The standard InChI is InChI=1S/C19H28N2O2/c1-14(16-4-3-5-18(12-16)23-2)19(22)21-10-8-17(9-11-21)20-13-15-6-7-15/h3-5,12,14-15,17,20H,6-11,13H2,1-2H3. The highest BCUT2D eigenvalue weighted by molar-refractivity contribution is 5.83. The molecule has 1 unspecified atom stereocenters. The number of hydrogen-bond acceptors (Lipinski definition) is 3. The number of methoxy groups -OCH3 is 1. The summed E-state index contributed by atoms with van der Waals surface area (Å²) in [4.78, 5) is 14.8. The minimum Gasteiger partial charge on any atom is -0.497 e. The Bertz CT molecular complexity index is 534. The van der Waals surface area contributed by atoms with Crippen molar-refractivity contribution in [2.75, 3.05) is 26.7 Å². The van der Waals surface area contributed by atoms with E-state index in [1.54, 1.807) is 7.11 Å². The summed E-state index contributed by atoms with van der Waals surface area (Å²) in [6.07, 6.45) is 4.93. The maximum atomic E-state index is 12.7. The number of rotatable bonds is 6. The number of hydrogen-bond donors (Lipinski definition) is 1. The van der Waals surface area contributed by atoms with Crippen LogP contribution in [0.3, 0.4) is 0 Å². The molecule has 0 radical (unpaired) electrons. The molecule has 1 aliphatic carbocycles. The zero-order valence-electron chi connectivity index (χ0n) is 14.3. The second-order valence-electron chi connectivity index (χ2n) is 6.95. The first-order valence-corrected chi connectivity index (χ1v) is 8.83. The van der Waals surface area contributed by atoms with Gasteiger partial charge in [-0.2, -0.15) is 0 Å². The molecule has 1 heterocycles. The molecule has 1 saturated carbocycles. The summed E-state index contributed by atoms with van der Waals surface area (Å²) in [7, 11) is 1.66. The molecule has 0 bridgehead atoms. The summed E-state index contributed by atoms with van der Waals surface area (Å²) < 4.78 is 5.26. The molecule has 1 aromatic carbocycles. The molecule has 1 saturated heterocycles. The van der Waals surface area contributed by atoms with Gasteiger partial charge in [-0.1, -0.05) is 12.1 Å². The molecule has 23 heavy (non-hydrogen) atoms. The van der Waals surface area contributed by atoms with Crippen LogP contribution in [0.1, 0.15) is 44.1 Å². The summed E-state index contributed by atoms with van der Waals surface area (Å²) in [5.74, 6) is 1.85. The molecule has 1 aromatic rings. The van der Waals surface area contributed by atoms with Crippen molar-refractivity contribution in [2.45, 2.75) is 44.6 Å². The Labute approximate surface area is 139 Å². The topological polar surface area (TPSA) is 41.6 Å². The van der Waals surface area contributed by atoms with Gasteiger partial charge in [-0.25, -0.2) is 0 Å². The third-order valence-electron chi connectivity index (χ3n) is 5.16. The monoisotopic (exact) mass is 316 g/mol. The number of piperidine rings is 1. The second kappa shape index (κ2) is 7.35. The molecule has 0 aromatic heterocycles. The Morgan fingerprint density at radius 1 is 1.30 bits per heavy atom. The average Bonchev–Trinajstić information content (AvgIpc) is 3.43. The van der Waals surface area contributed by atoms with Gasteiger partial charge in [-0.15, -0.1) is 0 Å². The van der Waals surface area contributed by atoms with E-state index in [2.05, 4.69) is 5.32 Å². The van der Waals surface area contributed by atoms with Crippen molar-refractivity contribution in [3.63, 3.8) is 0 Å². The van der Waals surface area contributed by atoms with Crippen molar-refractivity contribution in [3.8, 4) is 5.75 Å². The largest absolute Gasteiger partial charge is 0.497 e. The van der Waals surface area contributed by atoms with E-state index in [0.29, 0.717) is 6.04 Å². The van der Waals surface area contributed by atoms with Crippen LogP contribution >= 0.6 is 0 Å². The fourth-order valence-electron chi connectivity index (χ4n) is 3.29. The number of nitrogens with zero attached hydrogens (tertiary/aromatic N) is 1. The SMILES string of the molecule is COc1cccc(C(C)C(=O)N2CCC(NCC3CC3)CC2)c1. The van der Waals surface area contributed by atoms with E-state index in [1.165, 1.54) is 19.4 Å².